The molecule has 0 aromatic heterocycles. The van der Waals surface area contributed by atoms with E-state index in [2.05, 4.69) is 25.2 Å². The van der Waals surface area contributed by atoms with Crippen molar-refractivity contribution in [2.45, 2.75) is 39.7 Å². The predicted molar refractivity (Wildman–Crippen MR) is 86.8 cm³/mol. The SMILES string of the molecule is CC(C)C=CCCC(=O)NC[C@@H](C)[C@@H](O)c1ccccc1. The van der Waals surface area contributed by atoms with Crippen LogP contribution in [0, 0.1) is 11.8 Å². The lowest BCUT2D eigenvalue weighted by molar-refractivity contribution is -0.121. The van der Waals surface area contributed by atoms with E-state index in [0.717, 1.165) is 12.0 Å². The summed E-state index contributed by atoms with van der Waals surface area (Å²) in [5.74, 6) is 0.548. The molecule has 1 aromatic carbocycles. The number of hydrogen-bond acceptors (Lipinski definition) is 2. The van der Waals surface area contributed by atoms with Crippen LogP contribution < -0.4 is 5.32 Å². The zero-order valence-corrected chi connectivity index (χ0v) is 13.3. The average molecular weight is 289 g/mol. The Hall–Kier alpha value is -1.61. The fraction of sp³-hybridized carbons (Fsp3) is 0.500. The minimum absolute atomic E-state index is 0.0115. The number of amides is 1. The topological polar surface area (TPSA) is 49.3 Å². The number of aliphatic hydroxyl groups excluding tert-OH is 1. The third-order valence-electron chi connectivity index (χ3n) is 3.36. The molecule has 0 unspecified atom stereocenters. The molecule has 3 heteroatoms. The molecule has 2 atom stereocenters. The zero-order chi connectivity index (χ0) is 15.7. The average Bonchev–Trinajstić information content (AvgIpc) is 2.49. The van der Waals surface area contributed by atoms with E-state index >= 15 is 0 Å². The first-order valence-electron chi connectivity index (χ1n) is 7.67. The molecule has 1 amide bonds. The van der Waals surface area contributed by atoms with E-state index < -0.39 is 6.10 Å². The van der Waals surface area contributed by atoms with Gasteiger partial charge in [-0.15, -0.1) is 0 Å². The van der Waals surface area contributed by atoms with Crippen LogP contribution in [0.15, 0.2) is 42.5 Å². The van der Waals surface area contributed by atoms with Crippen LogP contribution in [-0.2, 0) is 4.79 Å². The summed E-state index contributed by atoms with van der Waals surface area (Å²) in [6, 6.07) is 9.54. The maximum absolute atomic E-state index is 11.7. The van der Waals surface area contributed by atoms with Crippen molar-refractivity contribution >= 4 is 5.91 Å². The molecule has 0 fully saturated rings. The Morgan fingerprint density at radius 3 is 2.52 bits per heavy atom. The number of nitrogens with one attached hydrogen (secondary N) is 1. The summed E-state index contributed by atoms with van der Waals surface area (Å²) >= 11 is 0. The molecule has 0 saturated carbocycles. The lowest BCUT2D eigenvalue weighted by Gasteiger charge is -2.19. The van der Waals surface area contributed by atoms with Gasteiger partial charge in [-0.25, -0.2) is 0 Å². The first-order chi connectivity index (χ1) is 10.0. The first kappa shape index (κ1) is 17.4. The number of rotatable bonds is 8. The Morgan fingerprint density at radius 2 is 1.90 bits per heavy atom. The van der Waals surface area contributed by atoms with Crippen LogP contribution >= 0.6 is 0 Å². The Kier molecular flexibility index (Phi) is 7.76. The molecule has 0 aliphatic carbocycles. The number of benzene rings is 1. The van der Waals surface area contributed by atoms with Gasteiger partial charge in [0.25, 0.3) is 0 Å². The van der Waals surface area contributed by atoms with Gasteiger partial charge >= 0.3 is 0 Å². The van der Waals surface area contributed by atoms with Crippen LogP contribution in [0.4, 0.5) is 0 Å². The van der Waals surface area contributed by atoms with Gasteiger partial charge in [0.05, 0.1) is 6.10 Å². The number of allylic oxidation sites excluding steroid dienone is 2. The second-order valence-corrected chi connectivity index (χ2v) is 5.85. The Balaban J connectivity index is 2.29. The Labute approximate surface area is 128 Å². The highest BCUT2D eigenvalue weighted by atomic mass is 16.3. The third kappa shape index (κ3) is 7.09. The van der Waals surface area contributed by atoms with Crippen molar-refractivity contribution in [3.05, 3.63) is 48.0 Å². The molecule has 0 saturated heterocycles. The number of carbonyl (C=O) groups is 1. The third-order valence-corrected chi connectivity index (χ3v) is 3.36. The molecule has 1 rings (SSSR count). The van der Waals surface area contributed by atoms with E-state index in [0.29, 0.717) is 18.9 Å². The quantitative estimate of drug-likeness (QED) is 0.720. The van der Waals surface area contributed by atoms with Crippen LogP contribution in [0.25, 0.3) is 0 Å². The predicted octanol–water partition coefficient (Wildman–Crippen LogP) is 3.46. The van der Waals surface area contributed by atoms with Crippen molar-refractivity contribution in [3.8, 4) is 0 Å². The normalized spacial score (nSPS) is 14.3. The summed E-state index contributed by atoms with van der Waals surface area (Å²) in [6.07, 6.45) is 4.87. The molecule has 1 aromatic rings. The van der Waals surface area contributed by atoms with Gasteiger partial charge in [0.15, 0.2) is 0 Å². The summed E-state index contributed by atoms with van der Waals surface area (Å²) in [7, 11) is 0. The molecular formula is C18H27NO2. The molecule has 0 bridgehead atoms. The number of carbonyl (C=O) groups excluding carboxylic acids is 1. The molecule has 0 aliphatic heterocycles. The molecule has 0 radical (unpaired) electrons. The lowest BCUT2D eigenvalue weighted by atomic mass is 9.97. The second kappa shape index (κ2) is 9.35. The van der Waals surface area contributed by atoms with E-state index in [4.69, 9.17) is 0 Å². The van der Waals surface area contributed by atoms with E-state index in [1.807, 2.05) is 43.3 Å². The summed E-state index contributed by atoms with van der Waals surface area (Å²) in [5, 5.41) is 13.1. The minimum atomic E-state index is -0.549. The maximum Gasteiger partial charge on any atom is 0.220 e. The van der Waals surface area contributed by atoms with E-state index in [1.54, 1.807) is 0 Å². The molecule has 0 aliphatic rings. The van der Waals surface area contributed by atoms with Gasteiger partial charge in [0.2, 0.25) is 5.91 Å². The Morgan fingerprint density at radius 1 is 1.24 bits per heavy atom. The first-order valence-corrected chi connectivity index (χ1v) is 7.67. The van der Waals surface area contributed by atoms with E-state index in [9.17, 15) is 9.90 Å². The molecule has 0 heterocycles. The van der Waals surface area contributed by atoms with Crippen LogP contribution in [0.1, 0.15) is 45.3 Å². The summed E-state index contributed by atoms with van der Waals surface area (Å²) in [5.41, 5.74) is 0.888. The van der Waals surface area contributed by atoms with Gasteiger partial charge in [0.1, 0.15) is 0 Å². The van der Waals surface area contributed by atoms with Crippen molar-refractivity contribution in [1.82, 2.24) is 5.32 Å². The van der Waals surface area contributed by atoms with Gasteiger partial charge in [0, 0.05) is 18.9 Å². The second-order valence-electron chi connectivity index (χ2n) is 5.85. The Bertz CT molecular complexity index is 440. The fourth-order valence-electron chi connectivity index (χ4n) is 2.04. The van der Waals surface area contributed by atoms with Crippen LogP contribution in [0.5, 0.6) is 0 Å². The molecule has 2 N–H and O–H groups in total. The monoisotopic (exact) mass is 289 g/mol. The molecule has 21 heavy (non-hydrogen) atoms. The van der Waals surface area contributed by atoms with Crippen molar-refractivity contribution in [3.63, 3.8) is 0 Å². The van der Waals surface area contributed by atoms with Crippen LogP contribution in [0.2, 0.25) is 0 Å². The van der Waals surface area contributed by atoms with Gasteiger partial charge < -0.3 is 10.4 Å². The summed E-state index contributed by atoms with van der Waals surface area (Å²) < 4.78 is 0. The van der Waals surface area contributed by atoms with Gasteiger partial charge in [-0.3, -0.25) is 4.79 Å². The molecule has 3 nitrogen and oxygen atoms in total. The van der Waals surface area contributed by atoms with Crippen molar-refractivity contribution in [2.24, 2.45) is 11.8 Å². The molecule has 116 valence electrons. The summed E-state index contributed by atoms with van der Waals surface area (Å²) in [6.45, 7) is 6.66. The largest absolute Gasteiger partial charge is 0.388 e. The molecule has 0 spiro atoms. The summed E-state index contributed by atoms with van der Waals surface area (Å²) in [4.78, 5) is 11.7. The zero-order valence-electron chi connectivity index (χ0n) is 13.3. The van der Waals surface area contributed by atoms with E-state index in [-0.39, 0.29) is 11.8 Å². The van der Waals surface area contributed by atoms with Crippen molar-refractivity contribution < 1.29 is 9.90 Å². The smallest absolute Gasteiger partial charge is 0.220 e. The van der Waals surface area contributed by atoms with Crippen LogP contribution in [0.3, 0.4) is 0 Å². The highest BCUT2D eigenvalue weighted by Gasteiger charge is 2.16. The van der Waals surface area contributed by atoms with Gasteiger partial charge in [-0.1, -0.05) is 63.3 Å². The number of aliphatic hydroxyl groups is 1. The van der Waals surface area contributed by atoms with Crippen molar-refractivity contribution in [1.29, 1.82) is 0 Å². The lowest BCUT2D eigenvalue weighted by Crippen LogP contribution is -2.30. The van der Waals surface area contributed by atoms with Gasteiger partial charge in [-0.05, 0) is 17.9 Å². The minimum Gasteiger partial charge on any atom is -0.388 e. The number of hydrogen-bond donors (Lipinski definition) is 2. The highest BCUT2D eigenvalue weighted by Crippen LogP contribution is 2.20. The van der Waals surface area contributed by atoms with E-state index in [1.165, 1.54) is 0 Å². The van der Waals surface area contributed by atoms with Crippen LogP contribution in [-0.4, -0.2) is 17.6 Å². The standard InChI is InChI=1S/C18H27NO2/c1-14(2)9-7-8-12-17(20)19-13-15(3)18(21)16-10-5-4-6-11-16/h4-7,9-11,14-15,18,21H,8,12-13H2,1-3H3,(H,19,20)/t15-,18-/m1/s1. The molecular weight excluding hydrogens is 262 g/mol. The fourth-order valence-corrected chi connectivity index (χ4v) is 2.04. The van der Waals surface area contributed by atoms with Crippen molar-refractivity contribution in [2.75, 3.05) is 6.54 Å². The highest BCUT2D eigenvalue weighted by molar-refractivity contribution is 5.75. The maximum atomic E-state index is 11.7. The van der Waals surface area contributed by atoms with Gasteiger partial charge in [-0.2, -0.15) is 0 Å².